The van der Waals surface area contributed by atoms with Crippen LogP contribution in [0.5, 0.6) is 0 Å². The van der Waals surface area contributed by atoms with E-state index in [2.05, 4.69) is 28.2 Å². The molecule has 0 heterocycles. The first-order valence-corrected chi connectivity index (χ1v) is 6.59. The first kappa shape index (κ1) is 11.5. The molecule has 1 atom stereocenters. The Bertz CT molecular complexity index is 121. The van der Waals surface area contributed by atoms with Crippen LogP contribution < -0.4 is 5.32 Å². The first-order valence-electron chi connectivity index (χ1n) is 5.67. The van der Waals surface area contributed by atoms with Gasteiger partial charge in [-0.3, -0.25) is 0 Å². The number of hydrogen-bond acceptors (Lipinski definition) is 1. The second kappa shape index (κ2) is 6.83. The van der Waals surface area contributed by atoms with E-state index in [0.29, 0.717) is 4.83 Å². The van der Waals surface area contributed by atoms with Crippen molar-refractivity contribution >= 4 is 15.9 Å². The summed E-state index contributed by atoms with van der Waals surface area (Å²) in [5, 5.41) is 3.56. The summed E-state index contributed by atoms with van der Waals surface area (Å²) in [5.74, 6) is 0.982. The molecule has 1 N–H and O–H groups in total. The summed E-state index contributed by atoms with van der Waals surface area (Å²) in [6.07, 6.45) is 8.34. The van der Waals surface area contributed by atoms with Crippen molar-refractivity contribution in [1.29, 1.82) is 0 Å². The van der Waals surface area contributed by atoms with Gasteiger partial charge >= 0.3 is 0 Å². The summed E-state index contributed by atoms with van der Waals surface area (Å²) in [4.78, 5) is 0.712. The van der Waals surface area contributed by atoms with E-state index >= 15 is 0 Å². The second-order valence-electron chi connectivity index (χ2n) is 4.15. The molecule has 2 heteroatoms. The third-order valence-electron chi connectivity index (χ3n) is 2.99. The summed E-state index contributed by atoms with van der Waals surface area (Å²) < 4.78 is 0. The van der Waals surface area contributed by atoms with Gasteiger partial charge in [-0.15, -0.1) is 0 Å². The number of nitrogens with one attached hydrogen (secondary N) is 1. The van der Waals surface area contributed by atoms with Gasteiger partial charge < -0.3 is 5.32 Å². The molecule has 1 saturated carbocycles. The van der Waals surface area contributed by atoms with E-state index in [4.69, 9.17) is 0 Å². The molecule has 1 rings (SSSR count). The van der Waals surface area contributed by atoms with Crippen LogP contribution in [0.4, 0.5) is 0 Å². The van der Waals surface area contributed by atoms with Gasteiger partial charge in [0.1, 0.15) is 0 Å². The zero-order valence-corrected chi connectivity index (χ0v) is 10.3. The van der Waals surface area contributed by atoms with Crippen molar-refractivity contribution in [1.82, 2.24) is 5.32 Å². The topological polar surface area (TPSA) is 12.0 Å². The molecule has 0 aliphatic heterocycles. The van der Waals surface area contributed by atoms with Crippen molar-refractivity contribution in [3.05, 3.63) is 0 Å². The van der Waals surface area contributed by atoms with Gasteiger partial charge in [-0.1, -0.05) is 35.7 Å². The Labute approximate surface area is 90.8 Å². The minimum absolute atomic E-state index is 0.712. The summed E-state index contributed by atoms with van der Waals surface area (Å²) >= 11 is 3.65. The molecule has 0 aromatic carbocycles. The maximum atomic E-state index is 3.65. The Hall–Kier alpha value is 0.440. The highest BCUT2D eigenvalue weighted by molar-refractivity contribution is 9.09. The minimum Gasteiger partial charge on any atom is -0.316 e. The molecular weight excluding hydrogens is 226 g/mol. The van der Waals surface area contributed by atoms with Crippen LogP contribution in [0.1, 0.15) is 45.4 Å². The zero-order chi connectivity index (χ0) is 9.52. The molecule has 0 radical (unpaired) electrons. The Kier molecular flexibility index (Phi) is 6.05. The molecule has 0 aromatic rings. The lowest BCUT2D eigenvalue weighted by molar-refractivity contribution is 0.484. The van der Waals surface area contributed by atoms with Gasteiger partial charge in [-0.05, 0) is 44.7 Å². The smallest absolute Gasteiger partial charge is 0.0155 e. The van der Waals surface area contributed by atoms with Crippen LogP contribution in [-0.4, -0.2) is 17.9 Å². The van der Waals surface area contributed by atoms with Crippen LogP contribution in [0.3, 0.4) is 0 Å². The van der Waals surface area contributed by atoms with Crippen molar-refractivity contribution < 1.29 is 0 Å². The van der Waals surface area contributed by atoms with Gasteiger partial charge in [0.25, 0.3) is 0 Å². The quantitative estimate of drug-likeness (QED) is 0.561. The summed E-state index contributed by atoms with van der Waals surface area (Å²) in [5.41, 5.74) is 0. The Morgan fingerprint density at radius 2 is 2.08 bits per heavy atom. The zero-order valence-electron chi connectivity index (χ0n) is 8.69. The molecular formula is C11H22BrN. The second-order valence-corrected chi connectivity index (χ2v) is 5.44. The SMILES string of the molecule is CCC(Br)CCNCC1CCCC1. The Morgan fingerprint density at radius 1 is 1.38 bits per heavy atom. The standard InChI is InChI=1S/C11H22BrN/c1-2-11(12)7-8-13-9-10-5-3-4-6-10/h10-11,13H,2-9H2,1H3. The van der Waals surface area contributed by atoms with Gasteiger partial charge in [0.05, 0.1) is 0 Å². The average molecular weight is 248 g/mol. The lowest BCUT2D eigenvalue weighted by Gasteiger charge is -2.11. The van der Waals surface area contributed by atoms with Crippen LogP contribution in [0, 0.1) is 5.92 Å². The number of alkyl halides is 1. The van der Waals surface area contributed by atoms with Gasteiger partial charge in [-0.2, -0.15) is 0 Å². The fraction of sp³-hybridized carbons (Fsp3) is 1.00. The lowest BCUT2D eigenvalue weighted by Crippen LogP contribution is -2.23. The largest absolute Gasteiger partial charge is 0.316 e. The molecule has 78 valence electrons. The monoisotopic (exact) mass is 247 g/mol. The number of rotatable bonds is 6. The van der Waals surface area contributed by atoms with E-state index in [1.807, 2.05) is 0 Å². The van der Waals surface area contributed by atoms with E-state index in [-0.39, 0.29) is 0 Å². The Balaban J connectivity index is 1.88. The van der Waals surface area contributed by atoms with Crippen molar-refractivity contribution in [3.63, 3.8) is 0 Å². The van der Waals surface area contributed by atoms with Gasteiger partial charge in [-0.25, -0.2) is 0 Å². The predicted octanol–water partition coefficient (Wildman–Crippen LogP) is 3.33. The van der Waals surface area contributed by atoms with Gasteiger partial charge in [0.2, 0.25) is 0 Å². The molecule has 1 unspecified atom stereocenters. The highest BCUT2D eigenvalue weighted by Gasteiger charge is 2.13. The highest BCUT2D eigenvalue weighted by atomic mass is 79.9. The third-order valence-corrected chi connectivity index (χ3v) is 4.09. The van der Waals surface area contributed by atoms with Crippen molar-refractivity contribution in [3.8, 4) is 0 Å². The van der Waals surface area contributed by atoms with E-state index in [1.165, 1.54) is 51.6 Å². The molecule has 0 spiro atoms. The third kappa shape index (κ3) is 5.02. The molecule has 0 aromatic heterocycles. The van der Waals surface area contributed by atoms with E-state index in [0.717, 1.165) is 5.92 Å². The number of hydrogen-bond donors (Lipinski definition) is 1. The molecule has 0 amide bonds. The lowest BCUT2D eigenvalue weighted by atomic mass is 10.1. The van der Waals surface area contributed by atoms with Crippen LogP contribution in [0.25, 0.3) is 0 Å². The molecule has 13 heavy (non-hydrogen) atoms. The predicted molar refractivity (Wildman–Crippen MR) is 62.5 cm³/mol. The van der Waals surface area contributed by atoms with E-state index < -0.39 is 0 Å². The summed E-state index contributed by atoms with van der Waals surface area (Å²) in [6, 6.07) is 0. The highest BCUT2D eigenvalue weighted by Crippen LogP contribution is 2.23. The van der Waals surface area contributed by atoms with Crippen molar-refractivity contribution in [2.45, 2.75) is 50.3 Å². The minimum atomic E-state index is 0.712. The van der Waals surface area contributed by atoms with Crippen molar-refractivity contribution in [2.75, 3.05) is 13.1 Å². The molecule has 0 bridgehead atoms. The van der Waals surface area contributed by atoms with Crippen LogP contribution in [0.15, 0.2) is 0 Å². The van der Waals surface area contributed by atoms with Crippen LogP contribution in [-0.2, 0) is 0 Å². The molecule has 1 fully saturated rings. The van der Waals surface area contributed by atoms with Gasteiger partial charge in [0, 0.05) is 4.83 Å². The Morgan fingerprint density at radius 3 is 2.69 bits per heavy atom. The average Bonchev–Trinajstić information content (AvgIpc) is 2.64. The molecule has 1 nitrogen and oxygen atoms in total. The van der Waals surface area contributed by atoms with E-state index in [9.17, 15) is 0 Å². The maximum Gasteiger partial charge on any atom is 0.0155 e. The van der Waals surface area contributed by atoms with Crippen LogP contribution in [0.2, 0.25) is 0 Å². The number of halogens is 1. The fourth-order valence-electron chi connectivity index (χ4n) is 1.98. The van der Waals surface area contributed by atoms with Gasteiger partial charge in [0.15, 0.2) is 0 Å². The van der Waals surface area contributed by atoms with Crippen molar-refractivity contribution in [2.24, 2.45) is 5.92 Å². The molecule has 1 aliphatic rings. The molecule has 1 aliphatic carbocycles. The molecule has 0 saturated heterocycles. The van der Waals surface area contributed by atoms with Crippen LogP contribution >= 0.6 is 15.9 Å². The summed E-state index contributed by atoms with van der Waals surface area (Å²) in [7, 11) is 0. The first-order chi connectivity index (χ1) is 6.33. The van der Waals surface area contributed by atoms with E-state index in [1.54, 1.807) is 0 Å². The summed E-state index contributed by atoms with van der Waals surface area (Å²) in [6.45, 7) is 4.67. The maximum absolute atomic E-state index is 3.65. The fourth-order valence-corrected chi connectivity index (χ4v) is 2.21. The normalized spacial score (nSPS) is 20.8.